The summed E-state index contributed by atoms with van der Waals surface area (Å²) in [5.41, 5.74) is 6.72. The molecule has 2 aromatic heterocycles. The lowest BCUT2D eigenvalue weighted by molar-refractivity contribution is -0.187. The standard InChI is InChI=1S/C24H28N4O3/c1-16-20(15-21(29)27-11-9-24(10-12-27)30-13-14-31-24)18(3)28-23(25-16)22(17(2)26-28)19-7-5-4-6-8-19/h4-8H,9-15H2,1-3H3. The summed E-state index contributed by atoms with van der Waals surface area (Å²) in [6.07, 6.45) is 1.79. The third-order valence-electron chi connectivity index (χ3n) is 6.58. The van der Waals surface area contributed by atoms with Crippen molar-refractivity contribution in [3.8, 4) is 11.1 Å². The molecule has 5 rings (SSSR count). The maximum absolute atomic E-state index is 13.1. The van der Waals surface area contributed by atoms with Gasteiger partial charge in [-0.1, -0.05) is 30.3 Å². The Bertz CT molecular complexity index is 1120. The quantitative estimate of drug-likeness (QED) is 0.651. The van der Waals surface area contributed by atoms with Crippen LogP contribution in [0.5, 0.6) is 0 Å². The highest BCUT2D eigenvalue weighted by atomic mass is 16.7. The van der Waals surface area contributed by atoms with Crippen LogP contribution in [-0.2, 0) is 20.7 Å². The first-order chi connectivity index (χ1) is 15.0. The van der Waals surface area contributed by atoms with Gasteiger partial charge in [0.1, 0.15) is 0 Å². The first kappa shape index (κ1) is 20.2. The number of hydrogen-bond acceptors (Lipinski definition) is 5. The Morgan fingerprint density at radius 2 is 1.71 bits per heavy atom. The molecule has 162 valence electrons. The number of amides is 1. The molecule has 0 saturated carbocycles. The number of benzene rings is 1. The van der Waals surface area contributed by atoms with Gasteiger partial charge in [-0.3, -0.25) is 4.79 Å². The Kier molecular flexibility index (Phi) is 5.02. The zero-order chi connectivity index (χ0) is 21.6. The van der Waals surface area contributed by atoms with Crippen LogP contribution in [0.4, 0.5) is 0 Å². The van der Waals surface area contributed by atoms with Gasteiger partial charge in [-0.2, -0.15) is 5.10 Å². The zero-order valence-corrected chi connectivity index (χ0v) is 18.4. The van der Waals surface area contributed by atoms with Crippen LogP contribution in [0.15, 0.2) is 30.3 Å². The Balaban J connectivity index is 1.41. The minimum Gasteiger partial charge on any atom is -0.347 e. The summed E-state index contributed by atoms with van der Waals surface area (Å²) < 4.78 is 13.5. The van der Waals surface area contributed by atoms with Crippen LogP contribution in [0.1, 0.15) is 35.5 Å². The molecule has 2 fully saturated rings. The number of carbonyl (C=O) groups is 1. The van der Waals surface area contributed by atoms with Gasteiger partial charge in [0.25, 0.3) is 0 Å². The highest BCUT2D eigenvalue weighted by Gasteiger charge is 2.40. The molecule has 1 aromatic carbocycles. The number of aryl methyl sites for hydroxylation is 3. The Hall–Kier alpha value is -2.77. The van der Waals surface area contributed by atoms with Crippen LogP contribution < -0.4 is 0 Å². The van der Waals surface area contributed by atoms with E-state index in [0.29, 0.717) is 32.7 Å². The zero-order valence-electron chi connectivity index (χ0n) is 18.4. The topological polar surface area (TPSA) is 69.0 Å². The average molecular weight is 421 g/mol. The van der Waals surface area contributed by atoms with E-state index in [4.69, 9.17) is 19.6 Å². The number of fused-ring (bicyclic) bond motifs is 1. The summed E-state index contributed by atoms with van der Waals surface area (Å²) in [6.45, 7) is 8.62. The minimum absolute atomic E-state index is 0.118. The van der Waals surface area contributed by atoms with Crippen LogP contribution in [0.25, 0.3) is 16.8 Å². The van der Waals surface area contributed by atoms with Gasteiger partial charge in [-0.25, -0.2) is 9.50 Å². The molecule has 2 aliphatic heterocycles. The lowest BCUT2D eigenvalue weighted by atomic mass is 10.0. The van der Waals surface area contributed by atoms with Crippen LogP contribution in [0.3, 0.4) is 0 Å². The van der Waals surface area contributed by atoms with Gasteiger partial charge in [0.2, 0.25) is 5.91 Å². The second-order valence-electron chi connectivity index (χ2n) is 8.49. The maximum Gasteiger partial charge on any atom is 0.227 e. The van der Waals surface area contributed by atoms with Crippen molar-refractivity contribution in [1.29, 1.82) is 0 Å². The number of rotatable bonds is 3. The second-order valence-corrected chi connectivity index (χ2v) is 8.49. The second kappa shape index (κ2) is 7.73. The molecular formula is C24H28N4O3. The fourth-order valence-electron chi connectivity index (χ4n) is 4.81. The molecule has 3 aromatic rings. The molecule has 0 radical (unpaired) electrons. The molecule has 0 N–H and O–H groups in total. The molecule has 31 heavy (non-hydrogen) atoms. The molecular weight excluding hydrogens is 392 g/mol. The van der Waals surface area contributed by atoms with Gasteiger partial charge in [0.05, 0.1) is 25.3 Å². The summed E-state index contributed by atoms with van der Waals surface area (Å²) in [7, 11) is 0. The highest BCUT2D eigenvalue weighted by Crippen LogP contribution is 2.32. The number of nitrogens with zero attached hydrogens (tertiary/aromatic N) is 4. The Labute approximate surface area is 182 Å². The third kappa shape index (κ3) is 3.51. The fraction of sp³-hybridized carbons (Fsp3) is 0.458. The molecule has 0 bridgehead atoms. The van der Waals surface area contributed by atoms with Crippen molar-refractivity contribution in [3.63, 3.8) is 0 Å². The summed E-state index contributed by atoms with van der Waals surface area (Å²) in [6, 6.07) is 10.2. The van der Waals surface area contributed by atoms with Crippen molar-refractivity contribution in [3.05, 3.63) is 53.0 Å². The van der Waals surface area contributed by atoms with Crippen LogP contribution in [0, 0.1) is 20.8 Å². The van der Waals surface area contributed by atoms with E-state index in [2.05, 4.69) is 12.1 Å². The van der Waals surface area contributed by atoms with Crippen LogP contribution >= 0.6 is 0 Å². The van der Waals surface area contributed by atoms with Gasteiger partial charge in [-0.05, 0) is 26.3 Å². The largest absolute Gasteiger partial charge is 0.347 e. The first-order valence-corrected chi connectivity index (χ1v) is 10.9. The molecule has 7 heteroatoms. The molecule has 0 atom stereocenters. The summed E-state index contributed by atoms with van der Waals surface area (Å²) in [5.74, 6) is -0.351. The van der Waals surface area contributed by atoms with E-state index in [1.54, 1.807) is 0 Å². The molecule has 1 amide bonds. The smallest absolute Gasteiger partial charge is 0.227 e. The summed E-state index contributed by atoms with van der Waals surface area (Å²) in [4.78, 5) is 19.9. The van der Waals surface area contributed by atoms with Crippen molar-refractivity contribution in [2.75, 3.05) is 26.3 Å². The predicted octanol–water partition coefficient (Wildman–Crippen LogP) is 3.23. The number of aromatic nitrogens is 3. The van der Waals surface area contributed by atoms with Gasteiger partial charge < -0.3 is 14.4 Å². The van der Waals surface area contributed by atoms with Crippen molar-refractivity contribution >= 4 is 11.6 Å². The summed E-state index contributed by atoms with van der Waals surface area (Å²) in [5, 5.41) is 4.75. The van der Waals surface area contributed by atoms with E-state index in [9.17, 15) is 4.79 Å². The number of piperidine rings is 1. The fourth-order valence-corrected chi connectivity index (χ4v) is 4.81. The average Bonchev–Trinajstić information content (AvgIpc) is 3.36. The first-order valence-electron chi connectivity index (χ1n) is 10.9. The normalized spacial score (nSPS) is 18.2. The van der Waals surface area contributed by atoms with Crippen molar-refractivity contribution < 1.29 is 14.3 Å². The number of hydrogen-bond donors (Lipinski definition) is 0. The predicted molar refractivity (Wildman–Crippen MR) is 117 cm³/mol. The van der Waals surface area contributed by atoms with Gasteiger partial charge in [-0.15, -0.1) is 0 Å². The van der Waals surface area contributed by atoms with E-state index in [-0.39, 0.29) is 5.91 Å². The van der Waals surface area contributed by atoms with Crippen LogP contribution in [-0.4, -0.2) is 57.5 Å². The molecule has 1 spiro atoms. The van der Waals surface area contributed by atoms with E-state index in [1.807, 2.05) is 48.4 Å². The van der Waals surface area contributed by atoms with Crippen molar-refractivity contribution in [2.24, 2.45) is 0 Å². The highest BCUT2D eigenvalue weighted by molar-refractivity contribution is 5.82. The number of ether oxygens (including phenoxy) is 2. The lowest BCUT2D eigenvalue weighted by Crippen LogP contribution is -2.47. The minimum atomic E-state index is -0.469. The van der Waals surface area contributed by atoms with E-state index < -0.39 is 5.79 Å². The number of carbonyl (C=O) groups excluding carboxylic acids is 1. The van der Waals surface area contributed by atoms with E-state index in [0.717, 1.165) is 52.3 Å². The Morgan fingerprint density at radius 1 is 1.03 bits per heavy atom. The van der Waals surface area contributed by atoms with E-state index >= 15 is 0 Å². The molecule has 7 nitrogen and oxygen atoms in total. The molecule has 2 saturated heterocycles. The van der Waals surface area contributed by atoms with Gasteiger partial charge >= 0.3 is 0 Å². The van der Waals surface area contributed by atoms with Crippen molar-refractivity contribution in [2.45, 2.75) is 45.8 Å². The SMILES string of the molecule is Cc1nc2c(-c3ccccc3)c(C)nn2c(C)c1CC(=O)N1CCC2(CC1)OCCO2. The van der Waals surface area contributed by atoms with Gasteiger partial charge in [0, 0.05) is 48.4 Å². The molecule has 4 heterocycles. The monoisotopic (exact) mass is 420 g/mol. The van der Waals surface area contributed by atoms with Crippen LogP contribution in [0.2, 0.25) is 0 Å². The molecule has 0 aliphatic carbocycles. The molecule has 0 unspecified atom stereocenters. The molecule has 2 aliphatic rings. The van der Waals surface area contributed by atoms with Gasteiger partial charge in [0.15, 0.2) is 11.4 Å². The van der Waals surface area contributed by atoms with Crippen molar-refractivity contribution in [1.82, 2.24) is 19.5 Å². The van der Waals surface area contributed by atoms with E-state index in [1.165, 1.54) is 0 Å². The maximum atomic E-state index is 13.1. The Morgan fingerprint density at radius 3 is 2.39 bits per heavy atom. The summed E-state index contributed by atoms with van der Waals surface area (Å²) >= 11 is 0. The number of likely N-dealkylation sites (tertiary alicyclic amines) is 1. The lowest BCUT2D eigenvalue weighted by Gasteiger charge is -2.37. The third-order valence-corrected chi connectivity index (χ3v) is 6.58.